The van der Waals surface area contributed by atoms with Gasteiger partial charge in [0.15, 0.2) is 0 Å². The van der Waals surface area contributed by atoms with Crippen LogP contribution in [0.3, 0.4) is 0 Å². The number of carboxylic acid groups (broad SMARTS) is 1. The van der Waals surface area contributed by atoms with Crippen LogP contribution in [0, 0.1) is 0 Å². The number of hydrogen-bond donors (Lipinski definition) is 2. The first-order chi connectivity index (χ1) is 11.1. The smallest absolute Gasteiger partial charge is 0.303 e. The summed E-state index contributed by atoms with van der Waals surface area (Å²) >= 11 is 6.18. The largest absolute Gasteiger partial charge is 0.481 e. The lowest BCUT2D eigenvalue weighted by atomic mass is 9.98. The summed E-state index contributed by atoms with van der Waals surface area (Å²) in [7, 11) is 0. The third-order valence-electron chi connectivity index (χ3n) is 4.13. The minimum atomic E-state index is -0.942. The van der Waals surface area contributed by atoms with Gasteiger partial charge in [-0.25, -0.2) is 0 Å². The number of para-hydroxylation sites is 1. The molecule has 0 spiro atoms. The summed E-state index contributed by atoms with van der Waals surface area (Å²) in [5.41, 5.74) is 3.21. The zero-order valence-corrected chi connectivity index (χ0v) is 13.3. The summed E-state index contributed by atoms with van der Waals surface area (Å²) in [5.74, 6) is -1.05. The zero-order chi connectivity index (χ0) is 16.4. The fourth-order valence-corrected chi connectivity index (χ4v) is 3.12. The highest BCUT2D eigenvalue weighted by Gasteiger charge is 2.20. The van der Waals surface area contributed by atoms with Crippen LogP contribution in [0.15, 0.2) is 30.5 Å². The maximum absolute atomic E-state index is 12.0. The van der Waals surface area contributed by atoms with Crippen molar-refractivity contribution in [3.63, 3.8) is 0 Å². The summed E-state index contributed by atoms with van der Waals surface area (Å²) in [5, 5.41) is 10.4. The van der Waals surface area contributed by atoms with Gasteiger partial charge in [0.2, 0.25) is 5.91 Å². The topological polar surface area (TPSA) is 73.4 Å². The molecule has 1 aliphatic rings. The first kappa shape index (κ1) is 15.6. The molecule has 120 valence electrons. The first-order valence-corrected chi connectivity index (χ1v) is 7.88. The number of aromatic amines is 1. The number of nitrogens with zero attached hydrogens (tertiary/aromatic N) is 1. The molecule has 0 atom stereocenters. The van der Waals surface area contributed by atoms with Crippen LogP contribution in [-0.4, -0.2) is 40.0 Å². The minimum absolute atomic E-state index is 0.0567. The molecule has 1 amide bonds. The molecule has 3 rings (SSSR count). The second-order valence-corrected chi connectivity index (χ2v) is 5.98. The average molecular weight is 333 g/mol. The first-order valence-electron chi connectivity index (χ1n) is 7.51. The monoisotopic (exact) mass is 332 g/mol. The van der Waals surface area contributed by atoms with E-state index in [0.29, 0.717) is 18.1 Å². The van der Waals surface area contributed by atoms with Crippen LogP contribution in [0.1, 0.15) is 24.8 Å². The van der Waals surface area contributed by atoms with E-state index in [9.17, 15) is 9.59 Å². The molecule has 0 unspecified atom stereocenters. The SMILES string of the molecule is O=C(O)CCC(=O)N1CC=C(c2c[nH]c3c(Cl)cccc23)CC1. The molecule has 0 fully saturated rings. The number of H-pyrrole nitrogens is 1. The number of rotatable bonds is 4. The molecule has 23 heavy (non-hydrogen) atoms. The van der Waals surface area contributed by atoms with Gasteiger partial charge in [-0.3, -0.25) is 9.59 Å². The van der Waals surface area contributed by atoms with Gasteiger partial charge in [0, 0.05) is 36.7 Å². The van der Waals surface area contributed by atoms with E-state index in [1.807, 2.05) is 30.5 Å². The van der Waals surface area contributed by atoms with Gasteiger partial charge in [-0.15, -0.1) is 0 Å². The molecule has 1 aliphatic heterocycles. The Hall–Kier alpha value is -2.27. The summed E-state index contributed by atoms with van der Waals surface area (Å²) < 4.78 is 0. The second kappa shape index (κ2) is 6.46. The highest BCUT2D eigenvalue weighted by molar-refractivity contribution is 6.35. The van der Waals surface area contributed by atoms with Crippen molar-refractivity contribution in [3.8, 4) is 0 Å². The van der Waals surface area contributed by atoms with Gasteiger partial charge in [-0.05, 0) is 18.1 Å². The molecule has 0 aliphatic carbocycles. The Morgan fingerprint density at radius 1 is 1.30 bits per heavy atom. The Morgan fingerprint density at radius 2 is 2.13 bits per heavy atom. The molecule has 0 bridgehead atoms. The molecule has 1 aromatic heterocycles. The van der Waals surface area contributed by atoms with Gasteiger partial charge < -0.3 is 15.0 Å². The van der Waals surface area contributed by atoms with E-state index < -0.39 is 5.97 Å². The van der Waals surface area contributed by atoms with E-state index in [2.05, 4.69) is 4.98 Å². The molecule has 0 saturated heterocycles. The lowest BCUT2D eigenvalue weighted by molar-refractivity contribution is -0.140. The van der Waals surface area contributed by atoms with Crippen LogP contribution in [0.4, 0.5) is 0 Å². The quantitative estimate of drug-likeness (QED) is 0.902. The number of aliphatic carboxylic acids is 1. The highest BCUT2D eigenvalue weighted by atomic mass is 35.5. The number of aromatic nitrogens is 1. The van der Waals surface area contributed by atoms with Gasteiger partial charge in [0.1, 0.15) is 0 Å². The maximum atomic E-state index is 12.0. The maximum Gasteiger partial charge on any atom is 0.303 e. The zero-order valence-electron chi connectivity index (χ0n) is 12.5. The fourth-order valence-electron chi connectivity index (χ4n) is 2.90. The van der Waals surface area contributed by atoms with Gasteiger partial charge in [-0.1, -0.05) is 29.8 Å². The predicted octanol–water partition coefficient (Wildman–Crippen LogP) is 3.30. The van der Waals surface area contributed by atoms with Crippen molar-refractivity contribution in [2.24, 2.45) is 0 Å². The van der Waals surface area contributed by atoms with Crippen LogP contribution in [0.25, 0.3) is 16.5 Å². The number of amides is 1. The highest BCUT2D eigenvalue weighted by Crippen LogP contribution is 2.32. The van der Waals surface area contributed by atoms with Crippen LogP contribution >= 0.6 is 11.6 Å². The lowest BCUT2D eigenvalue weighted by Crippen LogP contribution is -2.34. The molecular formula is C17H17ClN2O3. The molecule has 5 nitrogen and oxygen atoms in total. The molecule has 2 aromatic rings. The van der Waals surface area contributed by atoms with Crippen molar-refractivity contribution in [1.29, 1.82) is 0 Å². The number of nitrogens with one attached hydrogen (secondary N) is 1. The van der Waals surface area contributed by atoms with E-state index in [-0.39, 0.29) is 18.7 Å². The van der Waals surface area contributed by atoms with E-state index in [4.69, 9.17) is 16.7 Å². The van der Waals surface area contributed by atoms with Gasteiger partial charge in [-0.2, -0.15) is 0 Å². The predicted molar refractivity (Wildman–Crippen MR) is 89.4 cm³/mol. The van der Waals surface area contributed by atoms with E-state index in [0.717, 1.165) is 22.9 Å². The van der Waals surface area contributed by atoms with Gasteiger partial charge >= 0.3 is 5.97 Å². The van der Waals surface area contributed by atoms with Crippen molar-refractivity contribution in [2.75, 3.05) is 13.1 Å². The third-order valence-corrected chi connectivity index (χ3v) is 4.44. The summed E-state index contributed by atoms with van der Waals surface area (Å²) in [6.45, 7) is 1.12. The Kier molecular flexibility index (Phi) is 4.39. The number of benzene rings is 1. The number of halogens is 1. The number of carbonyl (C=O) groups excluding carboxylic acids is 1. The van der Waals surface area contributed by atoms with Crippen LogP contribution in [0.5, 0.6) is 0 Å². The van der Waals surface area contributed by atoms with Crippen molar-refractivity contribution in [1.82, 2.24) is 9.88 Å². The van der Waals surface area contributed by atoms with E-state index in [1.54, 1.807) is 4.90 Å². The molecule has 0 radical (unpaired) electrons. The Labute approximate surface area is 138 Å². The Balaban J connectivity index is 1.74. The van der Waals surface area contributed by atoms with Crippen molar-refractivity contribution >= 4 is 40.0 Å². The van der Waals surface area contributed by atoms with Crippen LogP contribution < -0.4 is 0 Å². The fraction of sp³-hybridized carbons (Fsp3) is 0.294. The standard InChI is InChI=1S/C17H17ClN2O3/c18-14-3-1-2-12-13(10-19-17(12)14)11-6-8-20(9-7-11)15(21)4-5-16(22)23/h1-3,6,10,19H,4-5,7-9H2,(H,22,23). The Bertz CT molecular complexity index is 794. The summed E-state index contributed by atoms with van der Waals surface area (Å²) in [4.78, 5) is 27.4. The Morgan fingerprint density at radius 3 is 2.83 bits per heavy atom. The number of carboxylic acids is 1. The van der Waals surface area contributed by atoms with Gasteiger partial charge in [0.05, 0.1) is 17.0 Å². The average Bonchev–Trinajstić information content (AvgIpc) is 2.98. The molecule has 1 aromatic carbocycles. The van der Waals surface area contributed by atoms with Crippen LogP contribution in [-0.2, 0) is 9.59 Å². The molecule has 0 saturated carbocycles. The third kappa shape index (κ3) is 3.24. The molecule has 6 heteroatoms. The number of hydrogen-bond acceptors (Lipinski definition) is 2. The van der Waals surface area contributed by atoms with Crippen molar-refractivity contribution in [2.45, 2.75) is 19.3 Å². The van der Waals surface area contributed by atoms with Crippen LogP contribution in [0.2, 0.25) is 5.02 Å². The van der Waals surface area contributed by atoms with Crippen molar-refractivity contribution < 1.29 is 14.7 Å². The summed E-state index contributed by atoms with van der Waals surface area (Å²) in [6, 6.07) is 5.80. The second-order valence-electron chi connectivity index (χ2n) is 5.58. The normalized spacial score (nSPS) is 14.8. The molecule has 2 N–H and O–H groups in total. The number of carbonyl (C=O) groups is 2. The van der Waals surface area contributed by atoms with Gasteiger partial charge in [0.25, 0.3) is 0 Å². The number of fused-ring (bicyclic) bond motifs is 1. The van der Waals surface area contributed by atoms with Crippen molar-refractivity contribution in [3.05, 3.63) is 41.1 Å². The summed E-state index contributed by atoms with van der Waals surface area (Å²) in [6.07, 6.45) is 4.67. The minimum Gasteiger partial charge on any atom is -0.481 e. The van der Waals surface area contributed by atoms with E-state index >= 15 is 0 Å². The molecule has 2 heterocycles. The molecular weight excluding hydrogens is 316 g/mol. The lowest BCUT2D eigenvalue weighted by Gasteiger charge is -2.26. The van der Waals surface area contributed by atoms with E-state index in [1.165, 1.54) is 5.57 Å².